The molecule has 0 saturated heterocycles. The molecule has 178 valence electrons. The maximum absolute atomic E-state index is 13.1. The van der Waals surface area contributed by atoms with Gasteiger partial charge in [0.1, 0.15) is 10.9 Å². The van der Waals surface area contributed by atoms with Crippen molar-refractivity contribution in [3.8, 4) is 23.3 Å². The summed E-state index contributed by atoms with van der Waals surface area (Å²) < 4.78 is 17.5. The Bertz CT molecular complexity index is 1300. The molecule has 0 spiro atoms. The van der Waals surface area contributed by atoms with E-state index in [2.05, 4.69) is 16.4 Å². The lowest BCUT2D eigenvalue weighted by Gasteiger charge is -2.17. The first-order valence-corrected chi connectivity index (χ1v) is 11.8. The maximum Gasteiger partial charge on any atom is 0.262 e. The predicted octanol–water partition coefficient (Wildman–Crippen LogP) is 3.13. The third-order valence-electron chi connectivity index (χ3n) is 5.98. The number of rotatable bonds is 8. The van der Waals surface area contributed by atoms with Crippen molar-refractivity contribution in [2.75, 3.05) is 21.3 Å². The fourth-order valence-corrected chi connectivity index (χ4v) is 5.47. The van der Waals surface area contributed by atoms with Crippen LogP contribution in [0.25, 0.3) is 10.2 Å². The molecular formula is C24H26N4O5S. The van der Waals surface area contributed by atoms with E-state index in [4.69, 9.17) is 14.2 Å². The summed E-state index contributed by atoms with van der Waals surface area (Å²) >= 11 is 1.60. The molecule has 1 atom stereocenters. The molecular weight excluding hydrogens is 456 g/mol. The number of benzene rings is 1. The molecule has 0 bridgehead atoms. The number of amides is 1. The summed E-state index contributed by atoms with van der Waals surface area (Å²) in [6.07, 6.45) is 5.64. The van der Waals surface area contributed by atoms with Gasteiger partial charge in [0.15, 0.2) is 11.5 Å². The Kier molecular flexibility index (Phi) is 7.03. The van der Waals surface area contributed by atoms with Gasteiger partial charge < -0.3 is 19.5 Å². The second kappa shape index (κ2) is 10.1. The van der Waals surface area contributed by atoms with Crippen LogP contribution in [-0.2, 0) is 24.2 Å². The number of hydrogen-bond acceptors (Lipinski definition) is 8. The molecule has 1 aliphatic rings. The Labute approximate surface area is 200 Å². The number of methoxy groups -OCH3 is 3. The first-order chi connectivity index (χ1) is 16.5. The molecule has 3 aromatic rings. The molecule has 9 nitrogen and oxygen atoms in total. The highest BCUT2D eigenvalue weighted by atomic mass is 32.1. The highest BCUT2D eigenvalue weighted by molar-refractivity contribution is 7.18. The number of nitriles is 1. The molecule has 10 heteroatoms. The van der Waals surface area contributed by atoms with Gasteiger partial charge in [-0.2, -0.15) is 5.26 Å². The minimum Gasteiger partial charge on any atom is -0.493 e. The minimum absolute atomic E-state index is 0.0298. The zero-order valence-electron chi connectivity index (χ0n) is 19.3. The number of nitrogens with one attached hydrogen (secondary N) is 1. The van der Waals surface area contributed by atoms with E-state index in [1.165, 1.54) is 37.1 Å². The van der Waals surface area contributed by atoms with Gasteiger partial charge in [-0.05, 0) is 48.9 Å². The van der Waals surface area contributed by atoms with Gasteiger partial charge in [-0.15, -0.1) is 11.3 Å². The fraction of sp³-hybridized carbons (Fsp3) is 0.417. The number of fused-ring (bicyclic) bond motifs is 3. The number of carbonyl (C=O) groups is 1. The monoisotopic (exact) mass is 482 g/mol. The minimum atomic E-state index is -0.928. The van der Waals surface area contributed by atoms with Gasteiger partial charge in [0.2, 0.25) is 11.7 Å². The Morgan fingerprint density at radius 2 is 1.91 bits per heavy atom. The smallest absolute Gasteiger partial charge is 0.262 e. The van der Waals surface area contributed by atoms with Gasteiger partial charge in [-0.1, -0.05) is 0 Å². The van der Waals surface area contributed by atoms with E-state index < -0.39 is 6.04 Å². The van der Waals surface area contributed by atoms with Crippen LogP contribution in [-0.4, -0.2) is 36.8 Å². The third kappa shape index (κ3) is 4.43. The van der Waals surface area contributed by atoms with E-state index in [0.717, 1.165) is 36.1 Å². The highest BCUT2D eigenvalue weighted by Crippen LogP contribution is 2.39. The number of ether oxygens (including phenoxy) is 3. The van der Waals surface area contributed by atoms with E-state index in [0.29, 0.717) is 28.2 Å². The summed E-state index contributed by atoms with van der Waals surface area (Å²) in [5.74, 6) is 0.807. The number of aromatic nitrogens is 2. The predicted molar refractivity (Wildman–Crippen MR) is 128 cm³/mol. The van der Waals surface area contributed by atoms with Gasteiger partial charge >= 0.3 is 0 Å². The number of aryl methyl sites for hydroxylation is 3. The van der Waals surface area contributed by atoms with Gasteiger partial charge in [-0.3, -0.25) is 14.2 Å². The summed E-state index contributed by atoms with van der Waals surface area (Å²) in [5.41, 5.74) is 1.50. The third-order valence-corrected chi connectivity index (χ3v) is 7.18. The SMILES string of the molecule is COc1cc(C(C#N)NC(=O)CCn2cnc3sc4c(c3c2=O)CCCC4)cc(OC)c1OC. The zero-order valence-corrected chi connectivity index (χ0v) is 20.2. The zero-order chi connectivity index (χ0) is 24.2. The van der Waals surface area contributed by atoms with Gasteiger partial charge in [-0.25, -0.2) is 4.98 Å². The van der Waals surface area contributed by atoms with Crippen LogP contribution in [0.3, 0.4) is 0 Å². The molecule has 4 rings (SSSR count). The van der Waals surface area contributed by atoms with Gasteiger partial charge in [0.25, 0.3) is 5.56 Å². The molecule has 34 heavy (non-hydrogen) atoms. The van der Waals surface area contributed by atoms with Crippen molar-refractivity contribution in [2.24, 2.45) is 0 Å². The Hall–Kier alpha value is -3.58. The summed E-state index contributed by atoms with van der Waals surface area (Å²) in [5, 5.41) is 13.1. The second-order valence-corrected chi connectivity index (χ2v) is 9.06. The number of hydrogen-bond donors (Lipinski definition) is 1. The van der Waals surface area contributed by atoms with Crippen molar-refractivity contribution < 1.29 is 19.0 Å². The molecule has 0 radical (unpaired) electrons. The van der Waals surface area contributed by atoms with E-state index in [1.54, 1.807) is 23.5 Å². The molecule has 2 heterocycles. The molecule has 2 aromatic heterocycles. The average Bonchev–Trinajstić information content (AvgIpc) is 3.25. The van der Waals surface area contributed by atoms with Crippen LogP contribution in [0.5, 0.6) is 17.2 Å². The lowest BCUT2D eigenvalue weighted by molar-refractivity contribution is -0.121. The summed E-state index contributed by atoms with van der Waals surface area (Å²) in [6, 6.07) is 4.41. The molecule has 1 aliphatic carbocycles. The normalized spacial score (nSPS) is 13.6. The quantitative estimate of drug-likeness (QED) is 0.524. The summed E-state index contributed by atoms with van der Waals surface area (Å²) in [7, 11) is 4.45. The molecule has 1 aromatic carbocycles. The van der Waals surface area contributed by atoms with Crippen molar-refractivity contribution >= 4 is 27.5 Å². The van der Waals surface area contributed by atoms with Crippen LogP contribution in [0.4, 0.5) is 0 Å². The first-order valence-electron chi connectivity index (χ1n) is 11.0. The van der Waals surface area contributed by atoms with Crippen molar-refractivity contribution in [2.45, 2.75) is 44.7 Å². The number of thiophene rings is 1. The molecule has 1 N–H and O–H groups in total. The molecule has 0 aliphatic heterocycles. The average molecular weight is 483 g/mol. The Balaban J connectivity index is 1.50. The van der Waals surface area contributed by atoms with E-state index in [-0.39, 0.29) is 24.4 Å². The first kappa shape index (κ1) is 23.6. The maximum atomic E-state index is 13.1. The lowest BCUT2D eigenvalue weighted by atomic mass is 9.97. The largest absolute Gasteiger partial charge is 0.493 e. The van der Waals surface area contributed by atoms with E-state index in [9.17, 15) is 14.9 Å². The number of nitrogens with zero attached hydrogens (tertiary/aromatic N) is 3. The van der Waals surface area contributed by atoms with Crippen LogP contribution in [0.1, 0.15) is 41.3 Å². The van der Waals surface area contributed by atoms with Crippen LogP contribution in [0.15, 0.2) is 23.3 Å². The number of carbonyl (C=O) groups excluding carboxylic acids is 1. The topological polar surface area (TPSA) is 115 Å². The molecule has 1 unspecified atom stereocenters. The van der Waals surface area contributed by atoms with E-state index in [1.807, 2.05) is 0 Å². The lowest BCUT2D eigenvalue weighted by Crippen LogP contribution is -2.30. The Morgan fingerprint density at radius 1 is 1.21 bits per heavy atom. The van der Waals surface area contributed by atoms with Crippen molar-refractivity contribution in [1.29, 1.82) is 5.26 Å². The second-order valence-electron chi connectivity index (χ2n) is 7.97. The summed E-state index contributed by atoms with van der Waals surface area (Å²) in [6.45, 7) is 0.172. The van der Waals surface area contributed by atoms with Crippen LogP contribution in [0, 0.1) is 11.3 Å². The molecule has 1 amide bonds. The van der Waals surface area contributed by atoms with Crippen molar-refractivity contribution in [3.63, 3.8) is 0 Å². The molecule has 0 saturated carbocycles. The van der Waals surface area contributed by atoms with Gasteiger partial charge in [0, 0.05) is 17.8 Å². The van der Waals surface area contributed by atoms with Crippen LogP contribution >= 0.6 is 11.3 Å². The highest BCUT2D eigenvalue weighted by Gasteiger charge is 2.22. The standard InChI is InChI=1S/C24H26N4O5S/c1-31-17-10-14(11-18(32-2)22(17)33-3)16(12-25)27-20(29)8-9-28-13-26-23-21(24(28)30)15-6-4-5-7-19(15)34-23/h10-11,13,16H,4-9H2,1-3H3,(H,27,29). The van der Waals surface area contributed by atoms with Crippen molar-refractivity contribution in [1.82, 2.24) is 14.9 Å². The Morgan fingerprint density at radius 3 is 2.56 bits per heavy atom. The molecule has 0 fully saturated rings. The van der Waals surface area contributed by atoms with Gasteiger partial charge in [0.05, 0.1) is 39.1 Å². The van der Waals surface area contributed by atoms with Crippen LogP contribution < -0.4 is 25.1 Å². The van der Waals surface area contributed by atoms with Crippen LogP contribution in [0.2, 0.25) is 0 Å². The van der Waals surface area contributed by atoms with Crippen molar-refractivity contribution in [3.05, 3.63) is 44.8 Å². The van der Waals surface area contributed by atoms with E-state index >= 15 is 0 Å². The summed E-state index contributed by atoms with van der Waals surface area (Å²) in [4.78, 5) is 32.2. The fourth-order valence-electron chi connectivity index (χ4n) is 4.25.